The zero-order chi connectivity index (χ0) is 12.6. The van der Waals surface area contributed by atoms with Gasteiger partial charge in [-0.15, -0.1) is 0 Å². The van der Waals surface area contributed by atoms with Crippen molar-refractivity contribution in [2.45, 2.75) is 19.9 Å². The molecule has 0 amide bonds. The second-order valence-corrected chi connectivity index (χ2v) is 5.28. The number of hydrogen-bond acceptors (Lipinski definition) is 2. The van der Waals surface area contributed by atoms with Gasteiger partial charge in [-0.1, -0.05) is 17.7 Å². The van der Waals surface area contributed by atoms with Gasteiger partial charge in [0.05, 0.1) is 11.1 Å². The molecule has 0 aliphatic carbocycles. The first-order chi connectivity index (χ1) is 7.99. The molecule has 0 saturated carbocycles. The van der Waals surface area contributed by atoms with Crippen LogP contribution in [0.15, 0.2) is 33.2 Å². The van der Waals surface area contributed by atoms with E-state index < -0.39 is 0 Å². The van der Waals surface area contributed by atoms with E-state index in [4.69, 9.17) is 21.8 Å². The molecule has 2 N–H and O–H groups in total. The lowest BCUT2D eigenvalue weighted by Crippen LogP contribution is -2.12. The molecule has 17 heavy (non-hydrogen) atoms. The predicted molar refractivity (Wildman–Crippen MR) is 73.4 cm³/mol. The van der Waals surface area contributed by atoms with Crippen molar-refractivity contribution in [2.24, 2.45) is 5.73 Å². The van der Waals surface area contributed by atoms with Crippen LogP contribution in [0.3, 0.4) is 0 Å². The number of hydrogen-bond donors (Lipinski definition) is 1. The number of halogens is 2. The Morgan fingerprint density at radius 2 is 2.00 bits per heavy atom. The summed E-state index contributed by atoms with van der Waals surface area (Å²) in [6.45, 7) is 3.83. The number of aryl methyl sites for hydroxylation is 2. The first kappa shape index (κ1) is 12.7. The Morgan fingerprint density at radius 1 is 1.29 bits per heavy atom. The largest absolute Gasteiger partial charge is 0.466 e. The van der Waals surface area contributed by atoms with Crippen LogP contribution in [0.1, 0.15) is 28.7 Å². The Morgan fingerprint density at radius 3 is 2.53 bits per heavy atom. The van der Waals surface area contributed by atoms with Crippen LogP contribution >= 0.6 is 27.5 Å². The van der Waals surface area contributed by atoms with Gasteiger partial charge in [0.1, 0.15) is 11.5 Å². The highest BCUT2D eigenvalue weighted by molar-refractivity contribution is 9.10. The van der Waals surface area contributed by atoms with E-state index in [1.54, 1.807) is 0 Å². The maximum atomic E-state index is 6.22. The molecule has 0 bridgehead atoms. The molecule has 4 heteroatoms. The van der Waals surface area contributed by atoms with Gasteiger partial charge in [-0.05, 0) is 53.5 Å². The summed E-state index contributed by atoms with van der Waals surface area (Å²) in [6.07, 6.45) is 0. The maximum absolute atomic E-state index is 6.22. The van der Waals surface area contributed by atoms with Gasteiger partial charge in [0.25, 0.3) is 0 Å². The van der Waals surface area contributed by atoms with Crippen molar-refractivity contribution in [2.75, 3.05) is 0 Å². The van der Waals surface area contributed by atoms with Crippen molar-refractivity contribution >= 4 is 27.5 Å². The normalized spacial score (nSPS) is 12.8. The molecule has 2 aromatic rings. The molecule has 0 aliphatic heterocycles. The average Bonchev–Trinajstić information content (AvgIpc) is 2.61. The topological polar surface area (TPSA) is 39.2 Å². The van der Waals surface area contributed by atoms with Gasteiger partial charge >= 0.3 is 0 Å². The van der Waals surface area contributed by atoms with Crippen LogP contribution in [0.4, 0.5) is 0 Å². The summed E-state index contributed by atoms with van der Waals surface area (Å²) in [5.41, 5.74) is 8.19. The molecule has 0 saturated heterocycles. The molecule has 1 unspecified atom stereocenters. The Hall–Kier alpha value is -0.770. The fourth-order valence-corrected chi connectivity index (χ4v) is 2.28. The first-order valence-electron chi connectivity index (χ1n) is 5.26. The summed E-state index contributed by atoms with van der Waals surface area (Å²) in [6, 6.07) is 7.49. The summed E-state index contributed by atoms with van der Waals surface area (Å²) < 4.78 is 6.36. The molecule has 0 radical (unpaired) electrons. The van der Waals surface area contributed by atoms with E-state index >= 15 is 0 Å². The van der Waals surface area contributed by atoms with E-state index in [1.165, 1.54) is 0 Å². The first-order valence-corrected chi connectivity index (χ1v) is 6.43. The summed E-state index contributed by atoms with van der Waals surface area (Å²) in [5, 5.41) is 0.663. The second-order valence-electron chi connectivity index (χ2n) is 4.02. The Balaban J connectivity index is 2.40. The van der Waals surface area contributed by atoms with Gasteiger partial charge in [0.15, 0.2) is 0 Å². The fraction of sp³-hybridized carbons (Fsp3) is 0.231. The Kier molecular flexibility index (Phi) is 3.61. The molecular formula is C13H13BrClNO. The molecule has 1 aromatic heterocycles. The summed E-state index contributed by atoms with van der Waals surface area (Å²) in [4.78, 5) is 0. The lowest BCUT2D eigenvalue weighted by Gasteiger charge is -2.12. The SMILES string of the molecule is Cc1cc(C(N)c2ccc(Br)c(Cl)c2)c(C)o1. The van der Waals surface area contributed by atoms with Crippen LogP contribution in [0.2, 0.25) is 5.02 Å². The van der Waals surface area contributed by atoms with Gasteiger partial charge in [0, 0.05) is 10.0 Å². The standard InChI is InChI=1S/C13H13BrClNO/c1-7-5-10(8(2)17-7)13(16)9-3-4-11(14)12(15)6-9/h3-6,13H,16H2,1-2H3. The minimum atomic E-state index is -0.210. The van der Waals surface area contributed by atoms with E-state index in [0.717, 1.165) is 27.1 Å². The monoisotopic (exact) mass is 313 g/mol. The van der Waals surface area contributed by atoms with E-state index in [2.05, 4.69) is 15.9 Å². The number of furan rings is 1. The van der Waals surface area contributed by atoms with Crippen LogP contribution in [0, 0.1) is 13.8 Å². The third kappa shape index (κ3) is 2.57. The Labute approximate surface area is 114 Å². The van der Waals surface area contributed by atoms with E-state index in [1.807, 2.05) is 38.1 Å². The van der Waals surface area contributed by atoms with Gasteiger partial charge < -0.3 is 10.2 Å². The zero-order valence-electron chi connectivity index (χ0n) is 9.63. The Bertz CT molecular complexity index is 550. The predicted octanol–water partition coefficient (Wildman–Crippen LogP) is 4.36. The van der Waals surface area contributed by atoms with E-state index in [0.29, 0.717) is 5.02 Å². The quantitative estimate of drug-likeness (QED) is 0.894. The molecule has 0 aliphatic rings. The van der Waals surface area contributed by atoms with Gasteiger partial charge in [-0.3, -0.25) is 0 Å². The lowest BCUT2D eigenvalue weighted by atomic mass is 10.00. The van der Waals surface area contributed by atoms with Gasteiger partial charge in [-0.2, -0.15) is 0 Å². The fourth-order valence-electron chi connectivity index (χ4n) is 1.84. The van der Waals surface area contributed by atoms with Gasteiger partial charge in [-0.25, -0.2) is 0 Å². The molecule has 1 heterocycles. The van der Waals surface area contributed by atoms with Crippen molar-refractivity contribution in [3.63, 3.8) is 0 Å². The minimum Gasteiger partial charge on any atom is -0.466 e. The van der Waals surface area contributed by atoms with Crippen LogP contribution in [-0.2, 0) is 0 Å². The molecule has 0 spiro atoms. The third-order valence-corrected chi connectivity index (χ3v) is 3.95. The molecule has 2 rings (SSSR count). The van der Waals surface area contributed by atoms with Crippen molar-refractivity contribution in [3.8, 4) is 0 Å². The van der Waals surface area contributed by atoms with Crippen LogP contribution in [0.25, 0.3) is 0 Å². The highest BCUT2D eigenvalue weighted by Crippen LogP contribution is 2.30. The van der Waals surface area contributed by atoms with E-state index in [9.17, 15) is 0 Å². The zero-order valence-corrected chi connectivity index (χ0v) is 12.0. The number of rotatable bonds is 2. The highest BCUT2D eigenvalue weighted by atomic mass is 79.9. The number of nitrogens with two attached hydrogens (primary N) is 1. The summed E-state index contributed by atoms with van der Waals surface area (Å²) in [5.74, 6) is 1.73. The molecule has 0 fully saturated rings. The average molecular weight is 315 g/mol. The van der Waals surface area contributed by atoms with Crippen molar-refractivity contribution in [1.29, 1.82) is 0 Å². The van der Waals surface area contributed by atoms with Crippen LogP contribution < -0.4 is 5.73 Å². The molecule has 1 aromatic carbocycles. The van der Waals surface area contributed by atoms with Crippen LogP contribution in [-0.4, -0.2) is 0 Å². The summed E-state index contributed by atoms with van der Waals surface area (Å²) >= 11 is 9.43. The minimum absolute atomic E-state index is 0.210. The van der Waals surface area contributed by atoms with Gasteiger partial charge in [0.2, 0.25) is 0 Å². The maximum Gasteiger partial charge on any atom is 0.106 e. The summed E-state index contributed by atoms with van der Waals surface area (Å²) in [7, 11) is 0. The molecule has 90 valence electrons. The third-order valence-electron chi connectivity index (χ3n) is 2.72. The highest BCUT2D eigenvalue weighted by Gasteiger charge is 2.15. The molecule has 2 nitrogen and oxygen atoms in total. The second kappa shape index (κ2) is 4.84. The molecular weight excluding hydrogens is 302 g/mol. The van der Waals surface area contributed by atoms with Crippen molar-refractivity contribution in [3.05, 3.63) is 56.4 Å². The van der Waals surface area contributed by atoms with Crippen LogP contribution in [0.5, 0.6) is 0 Å². The smallest absolute Gasteiger partial charge is 0.106 e. The van der Waals surface area contributed by atoms with Crippen molar-refractivity contribution < 1.29 is 4.42 Å². The molecule has 1 atom stereocenters. The lowest BCUT2D eigenvalue weighted by molar-refractivity contribution is 0.499. The van der Waals surface area contributed by atoms with Crippen molar-refractivity contribution in [1.82, 2.24) is 0 Å². The van der Waals surface area contributed by atoms with E-state index in [-0.39, 0.29) is 6.04 Å². The number of benzene rings is 1.